The molecule has 2 aliphatic rings. The van der Waals surface area contributed by atoms with Gasteiger partial charge in [-0.3, -0.25) is 4.79 Å². The first kappa shape index (κ1) is 6.10. The molecule has 2 fully saturated rings. The highest BCUT2D eigenvalue weighted by Crippen LogP contribution is 2.60. The molecule has 0 unspecified atom stereocenters. The summed E-state index contributed by atoms with van der Waals surface area (Å²) >= 11 is 3.47. The molecule has 0 aromatic rings. The molecule has 2 saturated heterocycles. The highest BCUT2D eigenvalue weighted by Gasteiger charge is 2.54. The lowest BCUT2D eigenvalue weighted by Crippen LogP contribution is -2.40. The zero-order chi connectivity index (χ0) is 6.48. The van der Waals surface area contributed by atoms with Crippen LogP contribution >= 0.6 is 23.5 Å². The number of rotatable bonds is 0. The van der Waals surface area contributed by atoms with Crippen molar-refractivity contribution in [3.05, 3.63) is 0 Å². The van der Waals surface area contributed by atoms with Gasteiger partial charge in [-0.2, -0.15) is 0 Å². The summed E-state index contributed by atoms with van der Waals surface area (Å²) in [6.45, 7) is 2.18. The summed E-state index contributed by atoms with van der Waals surface area (Å²) in [5.41, 5.74) is 0. The first-order valence-corrected chi connectivity index (χ1v) is 4.89. The predicted octanol–water partition coefficient (Wildman–Crippen LogP) is 1.73. The van der Waals surface area contributed by atoms with Gasteiger partial charge in [0.2, 0.25) is 0 Å². The third kappa shape index (κ3) is 0.679. The Labute approximate surface area is 63.0 Å². The molecule has 0 bridgehead atoms. The molecule has 1 nitrogen and oxygen atoms in total. The quantitative estimate of drug-likeness (QED) is 0.537. The van der Waals surface area contributed by atoms with Crippen molar-refractivity contribution < 1.29 is 4.79 Å². The van der Waals surface area contributed by atoms with E-state index in [9.17, 15) is 4.79 Å². The van der Waals surface area contributed by atoms with Crippen LogP contribution in [-0.4, -0.2) is 14.9 Å². The average molecular weight is 160 g/mol. The van der Waals surface area contributed by atoms with Gasteiger partial charge in [-0.25, -0.2) is 0 Å². The molecule has 0 aromatic heterocycles. The SMILES string of the molecule is C[C@]12SCC[C@H]1C(=O)S2. The van der Waals surface area contributed by atoms with Crippen LogP contribution in [0.25, 0.3) is 0 Å². The number of carbonyl (C=O) groups excluding carboxylic acids is 1. The Morgan fingerprint density at radius 3 is 3.00 bits per heavy atom. The summed E-state index contributed by atoms with van der Waals surface area (Å²) in [5, 5.41) is 0.419. The Kier molecular flexibility index (Phi) is 1.15. The van der Waals surface area contributed by atoms with Crippen molar-refractivity contribution in [1.29, 1.82) is 0 Å². The van der Waals surface area contributed by atoms with Gasteiger partial charge in [0.1, 0.15) is 0 Å². The van der Waals surface area contributed by atoms with Gasteiger partial charge in [0.15, 0.2) is 5.12 Å². The van der Waals surface area contributed by atoms with E-state index in [4.69, 9.17) is 0 Å². The standard InChI is InChI=1S/C6H8OS2/c1-6-4(2-3-8-6)5(7)9-6/h4H,2-3H2,1H3/t4-,6+/m0/s1. The minimum absolute atomic E-state index is 0.289. The Balaban J connectivity index is 2.21. The van der Waals surface area contributed by atoms with Crippen LogP contribution in [0, 0.1) is 5.92 Å². The lowest BCUT2D eigenvalue weighted by molar-refractivity contribution is -0.116. The van der Waals surface area contributed by atoms with Gasteiger partial charge in [0.05, 0.1) is 10.00 Å². The van der Waals surface area contributed by atoms with Gasteiger partial charge in [0, 0.05) is 0 Å². The average Bonchev–Trinajstić information content (AvgIpc) is 2.06. The van der Waals surface area contributed by atoms with Crippen molar-refractivity contribution >= 4 is 28.6 Å². The van der Waals surface area contributed by atoms with Crippen molar-refractivity contribution in [1.82, 2.24) is 0 Å². The fourth-order valence-electron chi connectivity index (χ4n) is 1.39. The summed E-state index contributed by atoms with van der Waals surface area (Å²) < 4.78 is 0.289. The van der Waals surface area contributed by atoms with Crippen LogP contribution in [-0.2, 0) is 4.79 Å². The Hall–Kier alpha value is 0.370. The van der Waals surface area contributed by atoms with Crippen LogP contribution in [0.2, 0.25) is 0 Å². The molecular weight excluding hydrogens is 152 g/mol. The largest absolute Gasteiger partial charge is 0.287 e. The fraction of sp³-hybridized carbons (Fsp3) is 0.833. The molecule has 0 radical (unpaired) electrons. The maximum Gasteiger partial charge on any atom is 0.195 e. The number of hydrogen-bond acceptors (Lipinski definition) is 3. The number of carbonyl (C=O) groups is 1. The van der Waals surface area contributed by atoms with Crippen LogP contribution in [0.4, 0.5) is 0 Å². The maximum atomic E-state index is 10.9. The van der Waals surface area contributed by atoms with Gasteiger partial charge in [-0.1, -0.05) is 11.8 Å². The Morgan fingerprint density at radius 1 is 1.78 bits per heavy atom. The number of hydrogen-bond donors (Lipinski definition) is 0. The maximum absolute atomic E-state index is 10.9. The smallest absolute Gasteiger partial charge is 0.195 e. The van der Waals surface area contributed by atoms with E-state index in [0.29, 0.717) is 11.0 Å². The normalized spacial score (nSPS) is 48.6. The summed E-state index contributed by atoms with van der Waals surface area (Å²) in [4.78, 5) is 10.9. The van der Waals surface area contributed by atoms with E-state index in [-0.39, 0.29) is 4.08 Å². The highest BCUT2D eigenvalue weighted by atomic mass is 32.2. The summed E-state index contributed by atoms with van der Waals surface area (Å²) in [7, 11) is 0. The molecule has 0 aliphatic carbocycles. The zero-order valence-corrected chi connectivity index (χ0v) is 6.85. The molecule has 50 valence electrons. The minimum atomic E-state index is 0.289. The molecular formula is C6H8OS2. The second kappa shape index (κ2) is 1.70. The topological polar surface area (TPSA) is 17.1 Å². The van der Waals surface area contributed by atoms with Crippen molar-refractivity contribution in [3.8, 4) is 0 Å². The first-order valence-electron chi connectivity index (χ1n) is 3.09. The molecule has 0 N–H and O–H groups in total. The monoisotopic (exact) mass is 160 g/mol. The molecule has 0 spiro atoms. The van der Waals surface area contributed by atoms with E-state index in [1.54, 1.807) is 0 Å². The van der Waals surface area contributed by atoms with E-state index in [1.165, 1.54) is 17.5 Å². The van der Waals surface area contributed by atoms with Crippen molar-refractivity contribution in [2.75, 3.05) is 5.75 Å². The van der Waals surface area contributed by atoms with E-state index in [0.717, 1.165) is 6.42 Å². The molecule has 0 saturated carbocycles. The van der Waals surface area contributed by atoms with Crippen LogP contribution in [0.1, 0.15) is 13.3 Å². The predicted molar refractivity (Wildman–Crippen MR) is 41.6 cm³/mol. The van der Waals surface area contributed by atoms with E-state index in [1.807, 2.05) is 11.8 Å². The van der Waals surface area contributed by atoms with Crippen LogP contribution < -0.4 is 0 Å². The number of thioether (sulfide) groups is 2. The number of fused-ring (bicyclic) bond motifs is 1. The molecule has 2 aliphatic heterocycles. The molecule has 3 heteroatoms. The van der Waals surface area contributed by atoms with E-state index in [2.05, 4.69) is 6.92 Å². The lowest BCUT2D eigenvalue weighted by atomic mass is 10.0. The van der Waals surface area contributed by atoms with Crippen molar-refractivity contribution in [2.45, 2.75) is 17.4 Å². The molecule has 9 heavy (non-hydrogen) atoms. The molecule has 2 atom stereocenters. The first-order chi connectivity index (χ1) is 4.22. The van der Waals surface area contributed by atoms with E-state index < -0.39 is 0 Å². The third-order valence-electron chi connectivity index (χ3n) is 2.02. The highest BCUT2D eigenvalue weighted by molar-refractivity contribution is 8.28. The van der Waals surface area contributed by atoms with Crippen LogP contribution in [0.5, 0.6) is 0 Å². The summed E-state index contributed by atoms with van der Waals surface area (Å²) in [6, 6.07) is 0. The molecule has 0 aromatic carbocycles. The van der Waals surface area contributed by atoms with Gasteiger partial charge in [-0.05, 0) is 19.1 Å². The fourth-order valence-corrected chi connectivity index (χ4v) is 4.46. The van der Waals surface area contributed by atoms with Gasteiger partial charge in [0.25, 0.3) is 0 Å². The van der Waals surface area contributed by atoms with Crippen molar-refractivity contribution in [2.24, 2.45) is 5.92 Å². The Morgan fingerprint density at radius 2 is 2.56 bits per heavy atom. The van der Waals surface area contributed by atoms with Crippen LogP contribution in [0.15, 0.2) is 0 Å². The Bertz CT molecular complexity index is 168. The van der Waals surface area contributed by atoms with Gasteiger partial charge < -0.3 is 0 Å². The second-order valence-corrected chi connectivity index (χ2v) is 5.88. The van der Waals surface area contributed by atoms with Gasteiger partial charge in [-0.15, -0.1) is 11.8 Å². The summed E-state index contributed by atoms with van der Waals surface area (Å²) in [5.74, 6) is 1.58. The van der Waals surface area contributed by atoms with Crippen molar-refractivity contribution in [3.63, 3.8) is 0 Å². The summed E-state index contributed by atoms with van der Waals surface area (Å²) in [6.07, 6.45) is 1.12. The second-order valence-electron chi connectivity index (χ2n) is 2.63. The lowest BCUT2D eigenvalue weighted by Gasteiger charge is -2.37. The zero-order valence-electron chi connectivity index (χ0n) is 5.22. The minimum Gasteiger partial charge on any atom is -0.287 e. The molecule has 2 heterocycles. The molecule has 2 rings (SSSR count). The van der Waals surface area contributed by atoms with E-state index >= 15 is 0 Å². The third-order valence-corrected chi connectivity index (χ3v) is 5.09. The van der Waals surface area contributed by atoms with Crippen LogP contribution in [0.3, 0.4) is 0 Å². The molecule has 0 amide bonds. The van der Waals surface area contributed by atoms with Gasteiger partial charge >= 0.3 is 0 Å².